The molecule has 5 nitrogen and oxygen atoms in total. The smallest absolute Gasteiger partial charge is 0.356 e. The Morgan fingerprint density at radius 2 is 1.80 bits per heavy atom. The van der Waals surface area contributed by atoms with Gasteiger partial charge in [-0.05, 0) is 37.5 Å². The first kappa shape index (κ1) is 18.5. The average Bonchev–Trinajstić information content (AvgIpc) is 2.87. The minimum absolute atomic E-state index is 0.0582. The SMILES string of the molecule is O=C1NCCC12CCN(S(=O)(=O)c1ccc(C(F)(F)F)cc1Cl)CC2. The third kappa shape index (κ3) is 3.24. The van der Waals surface area contributed by atoms with Gasteiger partial charge in [-0.25, -0.2) is 8.42 Å². The molecule has 1 spiro atoms. The fourth-order valence-corrected chi connectivity index (χ4v) is 5.33. The first-order chi connectivity index (χ1) is 11.6. The zero-order valence-electron chi connectivity index (χ0n) is 13.1. The third-order valence-electron chi connectivity index (χ3n) is 4.93. The van der Waals surface area contributed by atoms with E-state index in [2.05, 4.69) is 5.32 Å². The van der Waals surface area contributed by atoms with Gasteiger partial charge in [0, 0.05) is 19.6 Å². The monoisotopic (exact) mass is 396 g/mol. The predicted octanol–water partition coefficient (Wildman–Crippen LogP) is 2.65. The third-order valence-corrected chi connectivity index (χ3v) is 7.31. The molecular formula is C15H16ClF3N2O3S. The van der Waals surface area contributed by atoms with Crippen LogP contribution in [0.4, 0.5) is 13.2 Å². The van der Waals surface area contributed by atoms with Crippen LogP contribution in [-0.4, -0.2) is 38.3 Å². The Morgan fingerprint density at radius 3 is 2.28 bits per heavy atom. The molecule has 3 rings (SSSR count). The number of piperidine rings is 1. The van der Waals surface area contributed by atoms with Crippen LogP contribution in [0.3, 0.4) is 0 Å². The van der Waals surface area contributed by atoms with E-state index in [9.17, 15) is 26.4 Å². The maximum absolute atomic E-state index is 12.7. The molecule has 0 aromatic heterocycles. The number of halogens is 4. The number of sulfonamides is 1. The van der Waals surface area contributed by atoms with Crippen molar-refractivity contribution in [3.63, 3.8) is 0 Å². The summed E-state index contributed by atoms with van der Waals surface area (Å²) in [5.41, 5.74) is -1.53. The number of nitrogens with one attached hydrogen (secondary N) is 1. The second-order valence-electron chi connectivity index (χ2n) is 6.33. The van der Waals surface area contributed by atoms with Gasteiger partial charge in [0.2, 0.25) is 15.9 Å². The van der Waals surface area contributed by atoms with Crippen LogP contribution in [0, 0.1) is 5.41 Å². The minimum atomic E-state index is -4.60. The number of hydrogen-bond donors (Lipinski definition) is 1. The van der Waals surface area contributed by atoms with Crippen LogP contribution in [-0.2, 0) is 21.0 Å². The van der Waals surface area contributed by atoms with E-state index in [1.165, 1.54) is 4.31 Å². The summed E-state index contributed by atoms with van der Waals surface area (Å²) < 4.78 is 64.7. The summed E-state index contributed by atoms with van der Waals surface area (Å²) in [6.45, 7) is 0.844. The Kier molecular flexibility index (Phi) is 4.53. The fourth-order valence-electron chi connectivity index (χ4n) is 3.37. The molecule has 25 heavy (non-hydrogen) atoms. The van der Waals surface area contributed by atoms with Gasteiger partial charge in [0.1, 0.15) is 4.90 Å². The van der Waals surface area contributed by atoms with E-state index in [-0.39, 0.29) is 23.9 Å². The quantitative estimate of drug-likeness (QED) is 0.835. The van der Waals surface area contributed by atoms with Crippen LogP contribution >= 0.6 is 11.6 Å². The maximum Gasteiger partial charge on any atom is 0.416 e. The van der Waals surface area contributed by atoms with Gasteiger partial charge in [0.25, 0.3) is 0 Å². The van der Waals surface area contributed by atoms with E-state index < -0.39 is 32.2 Å². The zero-order valence-corrected chi connectivity index (χ0v) is 14.6. The molecule has 2 saturated heterocycles. The van der Waals surface area contributed by atoms with Gasteiger partial charge in [-0.2, -0.15) is 17.5 Å². The first-order valence-electron chi connectivity index (χ1n) is 7.71. The van der Waals surface area contributed by atoms with Gasteiger partial charge in [-0.15, -0.1) is 0 Å². The standard InChI is InChI=1S/C15H16ClF3N2O3S/c16-11-9-10(15(17,18)19)1-2-12(11)25(23,24)21-7-4-14(5-8-21)3-6-20-13(14)22/h1-2,9H,3-8H2,(H,20,22). The Morgan fingerprint density at radius 1 is 1.16 bits per heavy atom. The molecule has 10 heteroatoms. The summed E-state index contributed by atoms with van der Waals surface area (Å²) >= 11 is 5.81. The number of amides is 1. The van der Waals surface area contributed by atoms with Crippen molar-refractivity contribution in [2.75, 3.05) is 19.6 Å². The fraction of sp³-hybridized carbons (Fsp3) is 0.533. The lowest BCUT2D eigenvalue weighted by Crippen LogP contribution is -2.46. The van der Waals surface area contributed by atoms with Crippen molar-refractivity contribution >= 4 is 27.5 Å². The van der Waals surface area contributed by atoms with Crippen LogP contribution in [0.25, 0.3) is 0 Å². The highest BCUT2D eigenvalue weighted by Crippen LogP contribution is 2.40. The van der Waals surface area contributed by atoms with E-state index in [1.807, 2.05) is 0 Å². The molecule has 1 amide bonds. The number of nitrogens with zero attached hydrogens (tertiary/aromatic N) is 1. The molecule has 0 bridgehead atoms. The second-order valence-corrected chi connectivity index (χ2v) is 8.65. The van der Waals surface area contributed by atoms with Crippen molar-refractivity contribution in [1.29, 1.82) is 0 Å². The van der Waals surface area contributed by atoms with Gasteiger partial charge in [0.05, 0.1) is 16.0 Å². The number of benzene rings is 1. The zero-order chi connectivity index (χ0) is 18.5. The molecule has 0 radical (unpaired) electrons. The van der Waals surface area contributed by atoms with Gasteiger partial charge in [-0.1, -0.05) is 11.6 Å². The van der Waals surface area contributed by atoms with E-state index in [4.69, 9.17) is 11.6 Å². The molecule has 2 heterocycles. The lowest BCUT2D eigenvalue weighted by molar-refractivity contribution is -0.137. The van der Waals surface area contributed by atoms with Crippen LogP contribution < -0.4 is 5.32 Å². The molecule has 0 unspecified atom stereocenters. The van der Waals surface area contributed by atoms with Gasteiger partial charge in [-0.3, -0.25) is 4.79 Å². The Balaban J connectivity index is 1.82. The Hall–Kier alpha value is -1.32. The summed E-state index contributed by atoms with van der Waals surface area (Å²) in [6.07, 6.45) is -3.16. The van der Waals surface area contributed by atoms with E-state index in [0.717, 1.165) is 6.07 Å². The summed E-state index contributed by atoms with van der Waals surface area (Å²) in [4.78, 5) is 11.6. The van der Waals surface area contributed by atoms with Crippen LogP contribution in [0.5, 0.6) is 0 Å². The second kappa shape index (κ2) is 6.14. The largest absolute Gasteiger partial charge is 0.416 e. The van der Waals surface area contributed by atoms with Crippen molar-refractivity contribution in [2.24, 2.45) is 5.41 Å². The maximum atomic E-state index is 12.7. The first-order valence-corrected chi connectivity index (χ1v) is 9.53. The van der Waals surface area contributed by atoms with Crippen LogP contribution in [0.15, 0.2) is 23.1 Å². The summed E-state index contributed by atoms with van der Waals surface area (Å²) in [7, 11) is -4.02. The summed E-state index contributed by atoms with van der Waals surface area (Å²) in [5.74, 6) is -0.0582. The molecule has 2 fully saturated rings. The number of alkyl halides is 3. The molecule has 0 aliphatic carbocycles. The molecule has 1 N–H and O–H groups in total. The lowest BCUT2D eigenvalue weighted by atomic mass is 9.78. The summed E-state index contributed by atoms with van der Waals surface area (Å²) in [5, 5.41) is 2.30. The van der Waals surface area contributed by atoms with Crippen molar-refractivity contribution < 1.29 is 26.4 Å². The van der Waals surface area contributed by atoms with Crippen molar-refractivity contribution in [2.45, 2.75) is 30.3 Å². The molecular weight excluding hydrogens is 381 g/mol. The highest BCUT2D eigenvalue weighted by molar-refractivity contribution is 7.89. The topological polar surface area (TPSA) is 66.5 Å². The number of rotatable bonds is 2. The van der Waals surface area contributed by atoms with Gasteiger partial charge in [0.15, 0.2) is 0 Å². The van der Waals surface area contributed by atoms with Gasteiger partial charge < -0.3 is 5.32 Å². The van der Waals surface area contributed by atoms with Crippen LogP contribution in [0.2, 0.25) is 5.02 Å². The van der Waals surface area contributed by atoms with Crippen molar-refractivity contribution in [3.8, 4) is 0 Å². The average molecular weight is 397 g/mol. The predicted molar refractivity (Wildman–Crippen MR) is 84.5 cm³/mol. The highest BCUT2D eigenvalue weighted by atomic mass is 35.5. The normalized spacial score (nSPS) is 21.5. The molecule has 138 valence electrons. The minimum Gasteiger partial charge on any atom is -0.356 e. The molecule has 0 saturated carbocycles. The van der Waals surface area contributed by atoms with Crippen molar-refractivity contribution in [1.82, 2.24) is 9.62 Å². The Bertz CT molecular complexity index is 803. The molecule has 2 aliphatic heterocycles. The molecule has 0 atom stereocenters. The number of carbonyl (C=O) groups is 1. The summed E-state index contributed by atoms with van der Waals surface area (Å²) in [6, 6.07) is 2.20. The molecule has 1 aromatic carbocycles. The van der Waals surface area contributed by atoms with E-state index in [0.29, 0.717) is 37.9 Å². The molecule has 1 aromatic rings. The lowest BCUT2D eigenvalue weighted by Gasteiger charge is -2.36. The van der Waals surface area contributed by atoms with Gasteiger partial charge >= 0.3 is 6.18 Å². The number of hydrogen-bond acceptors (Lipinski definition) is 3. The van der Waals surface area contributed by atoms with Crippen LogP contribution in [0.1, 0.15) is 24.8 Å². The highest BCUT2D eigenvalue weighted by Gasteiger charge is 2.46. The molecule has 2 aliphatic rings. The number of carbonyl (C=O) groups excluding carboxylic acids is 1. The van der Waals surface area contributed by atoms with Crippen molar-refractivity contribution in [3.05, 3.63) is 28.8 Å². The van der Waals surface area contributed by atoms with E-state index in [1.54, 1.807) is 0 Å². The Labute approximate surface area is 148 Å². The van der Waals surface area contributed by atoms with E-state index >= 15 is 0 Å².